The standard InChI is InChI=1S/C16H17NO7S/c1-3-21-15(19)11-9(8-24-14(18)10-6-5-7-23-10)12(25-13(11)17)16(20)22-4-2/h5-7H,3-4,8,17H2,1-2H3. The molecule has 2 aromatic heterocycles. The molecule has 0 saturated heterocycles. The summed E-state index contributed by atoms with van der Waals surface area (Å²) < 4.78 is 20.0. The molecule has 0 aliphatic heterocycles. The molecular weight excluding hydrogens is 350 g/mol. The van der Waals surface area contributed by atoms with Gasteiger partial charge in [-0.25, -0.2) is 14.4 Å². The van der Waals surface area contributed by atoms with Crippen LogP contribution in [0.2, 0.25) is 0 Å². The molecule has 0 atom stereocenters. The highest BCUT2D eigenvalue weighted by molar-refractivity contribution is 7.18. The number of esters is 3. The zero-order valence-electron chi connectivity index (χ0n) is 13.7. The molecule has 25 heavy (non-hydrogen) atoms. The molecule has 134 valence electrons. The summed E-state index contributed by atoms with van der Waals surface area (Å²) in [6.45, 7) is 3.22. The van der Waals surface area contributed by atoms with E-state index in [4.69, 9.17) is 24.4 Å². The molecule has 8 nitrogen and oxygen atoms in total. The van der Waals surface area contributed by atoms with Crippen molar-refractivity contribution in [3.63, 3.8) is 0 Å². The second-order valence-corrected chi connectivity index (χ2v) is 5.70. The van der Waals surface area contributed by atoms with E-state index in [2.05, 4.69) is 0 Å². The molecule has 0 radical (unpaired) electrons. The summed E-state index contributed by atoms with van der Waals surface area (Å²) in [6.07, 6.45) is 1.33. The molecule has 0 aliphatic rings. The molecule has 9 heteroatoms. The topological polar surface area (TPSA) is 118 Å². The molecule has 2 rings (SSSR count). The number of nitrogens with two attached hydrogens (primary N) is 1. The Kier molecular flexibility index (Phi) is 6.18. The highest BCUT2D eigenvalue weighted by Crippen LogP contribution is 2.33. The summed E-state index contributed by atoms with van der Waals surface area (Å²) in [5.74, 6) is -2.09. The quantitative estimate of drug-likeness (QED) is 0.586. The van der Waals surface area contributed by atoms with E-state index in [0.29, 0.717) is 0 Å². The lowest BCUT2D eigenvalue weighted by Gasteiger charge is -2.08. The van der Waals surface area contributed by atoms with Gasteiger partial charge in [-0.05, 0) is 26.0 Å². The third kappa shape index (κ3) is 4.18. The summed E-state index contributed by atoms with van der Waals surface area (Å²) in [6, 6.07) is 2.97. The Balaban J connectivity index is 2.32. The van der Waals surface area contributed by atoms with E-state index in [1.54, 1.807) is 13.8 Å². The fourth-order valence-corrected chi connectivity index (χ4v) is 2.97. The Morgan fingerprint density at radius 2 is 1.76 bits per heavy atom. The van der Waals surface area contributed by atoms with Crippen molar-refractivity contribution in [2.24, 2.45) is 0 Å². The maximum atomic E-state index is 12.1. The molecular formula is C16H17NO7S. The Labute approximate surface area is 147 Å². The van der Waals surface area contributed by atoms with E-state index in [1.807, 2.05) is 0 Å². The van der Waals surface area contributed by atoms with Crippen molar-refractivity contribution >= 4 is 34.2 Å². The second kappa shape index (κ2) is 8.34. The molecule has 0 aliphatic carbocycles. The van der Waals surface area contributed by atoms with Gasteiger partial charge >= 0.3 is 17.9 Å². The minimum Gasteiger partial charge on any atom is -0.462 e. The summed E-state index contributed by atoms with van der Waals surface area (Å²) >= 11 is 0.880. The predicted octanol–water partition coefficient (Wildman–Crippen LogP) is 2.63. The number of furan rings is 1. The minimum atomic E-state index is -0.737. The smallest absolute Gasteiger partial charge is 0.374 e. The first-order chi connectivity index (χ1) is 12.0. The molecule has 0 spiro atoms. The monoisotopic (exact) mass is 367 g/mol. The maximum Gasteiger partial charge on any atom is 0.374 e. The number of hydrogen-bond donors (Lipinski definition) is 1. The van der Waals surface area contributed by atoms with E-state index in [0.717, 1.165) is 11.3 Å². The molecule has 0 amide bonds. The van der Waals surface area contributed by atoms with Crippen molar-refractivity contribution in [3.8, 4) is 0 Å². The predicted molar refractivity (Wildman–Crippen MR) is 88.5 cm³/mol. The van der Waals surface area contributed by atoms with Crippen molar-refractivity contribution in [1.82, 2.24) is 0 Å². The van der Waals surface area contributed by atoms with E-state index in [-0.39, 0.29) is 46.6 Å². The average Bonchev–Trinajstić information content (AvgIpc) is 3.21. The normalized spacial score (nSPS) is 10.3. The minimum absolute atomic E-state index is 0.00132. The van der Waals surface area contributed by atoms with Gasteiger partial charge in [-0.1, -0.05) is 0 Å². The van der Waals surface area contributed by atoms with Crippen molar-refractivity contribution in [2.45, 2.75) is 20.5 Å². The summed E-state index contributed by atoms with van der Waals surface area (Å²) in [4.78, 5) is 36.3. The van der Waals surface area contributed by atoms with Gasteiger partial charge in [-0.15, -0.1) is 11.3 Å². The van der Waals surface area contributed by atoms with E-state index >= 15 is 0 Å². The molecule has 2 N–H and O–H groups in total. The fraction of sp³-hybridized carbons (Fsp3) is 0.312. The van der Waals surface area contributed by atoms with Gasteiger partial charge < -0.3 is 24.4 Å². The number of carbonyl (C=O) groups is 3. The molecule has 0 bridgehead atoms. The highest BCUT2D eigenvalue weighted by atomic mass is 32.1. The van der Waals surface area contributed by atoms with Gasteiger partial charge in [0.05, 0.1) is 19.5 Å². The van der Waals surface area contributed by atoms with Gasteiger partial charge in [0.2, 0.25) is 5.76 Å². The Morgan fingerprint density at radius 1 is 1.08 bits per heavy atom. The van der Waals surface area contributed by atoms with Crippen molar-refractivity contribution < 1.29 is 33.0 Å². The SMILES string of the molecule is CCOC(=O)c1sc(N)c(C(=O)OCC)c1COC(=O)c1ccco1. The van der Waals surface area contributed by atoms with E-state index in [1.165, 1.54) is 18.4 Å². The third-order valence-electron chi connectivity index (χ3n) is 3.04. The Bertz CT molecular complexity index is 764. The van der Waals surface area contributed by atoms with Gasteiger partial charge in [-0.2, -0.15) is 0 Å². The van der Waals surface area contributed by atoms with Crippen LogP contribution in [0.25, 0.3) is 0 Å². The number of thiophene rings is 1. The van der Waals surface area contributed by atoms with Gasteiger partial charge in [0, 0.05) is 5.56 Å². The van der Waals surface area contributed by atoms with Gasteiger partial charge in [0.15, 0.2) is 0 Å². The number of ether oxygens (including phenoxy) is 3. The first-order valence-corrected chi connectivity index (χ1v) is 8.27. The number of anilines is 1. The average molecular weight is 367 g/mol. The molecule has 0 aromatic carbocycles. The largest absolute Gasteiger partial charge is 0.462 e. The lowest BCUT2D eigenvalue weighted by Crippen LogP contribution is -2.14. The van der Waals surface area contributed by atoms with E-state index < -0.39 is 17.9 Å². The van der Waals surface area contributed by atoms with Crippen molar-refractivity contribution in [3.05, 3.63) is 40.2 Å². The number of nitrogen functional groups attached to an aromatic ring is 1. The van der Waals surface area contributed by atoms with Gasteiger partial charge in [0.1, 0.15) is 22.0 Å². The summed E-state index contributed by atoms with van der Waals surface area (Å²) in [7, 11) is 0. The Morgan fingerprint density at radius 3 is 2.36 bits per heavy atom. The van der Waals surface area contributed by atoms with Crippen LogP contribution in [0.3, 0.4) is 0 Å². The number of carbonyl (C=O) groups excluding carboxylic acids is 3. The first-order valence-electron chi connectivity index (χ1n) is 7.45. The first kappa shape index (κ1) is 18.5. The lowest BCUT2D eigenvalue weighted by molar-refractivity contribution is 0.0410. The van der Waals surface area contributed by atoms with Crippen LogP contribution in [0.1, 0.15) is 50.0 Å². The van der Waals surface area contributed by atoms with Crippen LogP contribution in [0.15, 0.2) is 22.8 Å². The van der Waals surface area contributed by atoms with Crippen LogP contribution >= 0.6 is 11.3 Å². The van der Waals surface area contributed by atoms with Crippen LogP contribution in [-0.2, 0) is 20.8 Å². The molecule has 2 heterocycles. The van der Waals surface area contributed by atoms with Crippen LogP contribution in [0.5, 0.6) is 0 Å². The van der Waals surface area contributed by atoms with Crippen LogP contribution < -0.4 is 5.73 Å². The highest BCUT2D eigenvalue weighted by Gasteiger charge is 2.28. The van der Waals surface area contributed by atoms with Crippen LogP contribution in [0, 0.1) is 0 Å². The fourth-order valence-electron chi connectivity index (χ4n) is 2.01. The van der Waals surface area contributed by atoms with Crippen LogP contribution in [0.4, 0.5) is 5.00 Å². The summed E-state index contributed by atoms with van der Waals surface area (Å²) in [5, 5.41) is 0.0885. The zero-order valence-corrected chi connectivity index (χ0v) is 14.5. The number of rotatable bonds is 7. The van der Waals surface area contributed by atoms with Gasteiger partial charge in [-0.3, -0.25) is 0 Å². The summed E-state index contributed by atoms with van der Waals surface area (Å²) in [5.41, 5.74) is 6.01. The van der Waals surface area contributed by atoms with Crippen molar-refractivity contribution in [1.29, 1.82) is 0 Å². The van der Waals surface area contributed by atoms with Gasteiger partial charge in [0.25, 0.3) is 0 Å². The van der Waals surface area contributed by atoms with Crippen molar-refractivity contribution in [2.75, 3.05) is 18.9 Å². The molecule has 0 unspecified atom stereocenters. The third-order valence-corrected chi connectivity index (χ3v) is 4.09. The molecule has 0 saturated carbocycles. The lowest BCUT2D eigenvalue weighted by atomic mass is 10.1. The van der Waals surface area contributed by atoms with E-state index in [9.17, 15) is 14.4 Å². The second-order valence-electron chi connectivity index (χ2n) is 4.64. The zero-order chi connectivity index (χ0) is 18.4. The molecule has 2 aromatic rings. The Hall–Kier alpha value is -2.81. The number of hydrogen-bond acceptors (Lipinski definition) is 9. The van der Waals surface area contributed by atoms with Crippen LogP contribution in [-0.4, -0.2) is 31.1 Å². The maximum absolute atomic E-state index is 12.1. The molecule has 0 fully saturated rings.